The Hall–Kier alpha value is -2.74. The fourth-order valence-electron chi connectivity index (χ4n) is 5.80. The van der Waals surface area contributed by atoms with Crippen molar-refractivity contribution in [3.63, 3.8) is 0 Å². The molecule has 8 heteroatoms. The lowest BCUT2D eigenvalue weighted by molar-refractivity contribution is -0.136. The van der Waals surface area contributed by atoms with Crippen molar-refractivity contribution in [2.75, 3.05) is 31.1 Å². The molecule has 4 amide bonds. The third-order valence-corrected chi connectivity index (χ3v) is 7.62. The normalized spacial score (nSPS) is 27.4. The van der Waals surface area contributed by atoms with E-state index in [9.17, 15) is 19.2 Å². The van der Waals surface area contributed by atoms with Crippen molar-refractivity contribution in [3.05, 3.63) is 29.3 Å². The molecule has 4 heterocycles. The van der Waals surface area contributed by atoms with Crippen LogP contribution in [0.25, 0.3) is 0 Å². The molecule has 3 fully saturated rings. The summed E-state index contributed by atoms with van der Waals surface area (Å²) in [5.74, 6) is -0.283. The van der Waals surface area contributed by atoms with E-state index in [1.54, 1.807) is 12.1 Å². The van der Waals surface area contributed by atoms with Crippen LogP contribution in [0.4, 0.5) is 5.69 Å². The van der Waals surface area contributed by atoms with Crippen LogP contribution < -0.4 is 15.5 Å². The largest absolute Gasteiger partial charge is 0.371 e. The van der Waals surface area contributed by atoms with E-state index in [4.69, 9.17) is 0 Å². The number of rotatable bonds is 3. The summed E-state index contributed by atoms with van der Waals surface area (Å²) in [7, 11) is 0. The minimum Gasteiger partial charge on any atom is -0.371 e. The first-order valence-corrected chi connectivity index (χ1v) is 11.8. The molecule has 0 aromatic heterocycles. The highest BCUT2D eigenvalue weighted by Gasteiger charge is 2.44. The average Bonchev–Trinajstić information content (AvgIpc) is 2.98. The maximum absolute atomic E-state index is 13.1. The summed E-state index contributed by atoms with van der Waals surface area (Å²) in [6.07, 6.45) is 6.43. The molecule has 0 radical (unpaired) electrons. The Kier molecular flexibility index (Phi) is 5.71. The third-order valence-electron chi connectivity index (χ3n) is 7.62. The maximum Gasteiger partial charge on any atom is 0.262 e. The van der Waals surface area contributed by atoms with Crippen LogP contribution in [0.2, 0.25) is 0 Å². The SMILES string of the molecule is O=C1CCC(N2C(=O)c3ccc(N4CCC(C5CCCNCC5)CC4)cc3C2=O)C(=O)N1. The topological polar surface area (TPSA) is 98.8 Å². The number of amides is 4. The summed E-state index contributed by atoms with van der Waals surface area (Å²) in [6, 6.07) is 4.50. The Morgan fingerprint density at radius 3 is 2.34 bits per heavy atom. The Bertz CT molecular complexity index is 945. The van der Waals surface area contributed by atoms with Gasteiger partial charge in [0.1, 0.15) is 6.04 Å². The molecule has 4 aliphatic rings. The van der Waals surface area contributed by atoms with Gasteiger partial charge in [0.15, 0.2) is 0 Å². The first-order valence-electron chi connectivity index (χ1n) is 11.8. The standard InChI is InChI=1S/C24H30N4O4/c29-21-6-5-20(22(30)26-21)28-23(31)18-4-3-17(14-19(18)24(28)32)27-12-8-16(9-13-27)15-2-1-10-25-11-7-15/h3-4,14-16,20,25H,1-2,5-13H2,(H,26,29,30). The smallest absolute Gasteiger partial charge is 0.262 e. The number of imide groups is 2. The molecule has 5 rings (SSSR count). The van der Waals surface area contributed by atoms with Gasteiger partial charge in [0.2, 0.25) is 11.8 Å². The second-order valence-electron chi connectivity index (χ2n) is 9.44. The van der Waals surface area contributed by atoms with Crippen LogP contribution >= 0.6 is 0 Å². The van der Waals surface area contributed by atoms with Crippen LogP contribution in [0.1, 0.15) is 65.7 Å². The molecule has 0 spiro atoms. The second kappa shape index (κ2) is 8.65. The van der Waals surface area contributed by atoms with Gasteiger partial charge in [-0.3, -0.25) is 29.4 Å². The molecule has 170 valence electrons. The van der Waals surface area contributed by atoms with Gasteiger partial charge in [-0.05, 0) is 81.6 Å². The van der Waals surface area contributed by atoms with Crippen molar-refractivity contribution < 1.29 is 19.2 Å². The lowest BCUT2D eigenvalue weighted by Crippen LogP contribution is -2.54. The Labute approximate surface area is 187 Å². The van der Waals surface area contributed by atoms with Crippen LogP contribution in [0.15, 0.2) is 18.2 Å². The van der Waals surface area contributed by atoms with Crippen molar-refractivity contribution in [1.82, 2.24) is 15.5 Å². The lowest BCUT2D eigenvalue weighted by Gasteiger charge is -2.37. The minimum absolute atomic E-state index is 0.126. The van der Waals surface area contributed by atoms with Crippen LogP contribution in [0.3, 0.4) is 0 Å². The predicted molar refractivity (Wildman–Crippen MR) is 118 cm³/mol. The van der Waals surface area contributed by atoms with E-state index >= 15 is 0 Å². The second-order valence-corrected chi connectivity index (χ2v) is 9.44. The van der Waals surface area contributed by atoms with Gasteiger partial charge in [-0.25, -0.2) is 0 Å². The number of carbonyl (C=O) groups excluding carboxylic acids is 4. The van der Waals surface area contributed by atoms with Crippen molar-refractivity contribution in [2.24, 2.45) is 11.8 Å². The molecular formula is C24H30N4O4. The highest BCUT2D eigenvalue weighted by Crippen LogP contribution is 2.35. The van der Waals surface area contributed by atoms with E-state index in [0.29, 0.717) is 11.1 Å². The summed E-state index contributed by atoms with van der Waals surface area (Å²) in [5, 5.41) is 5.74. The van der Waals surface area contributed by atoms with Gasteiger partial charge in [0.05, 0.1) is 11.1 Å². The van der Waals surface area contributed by atoms with Crippen LogP contribution in [-0.4, -0.2) is 60.7 Å². The van der Waals surface area contributed by atoms with Crippen LogP contribution in [0.5, 0.6) is 0 Å². The molecule has 3 saturated heterocycles. The van der Waals surface area contributed by atoms with Crippen molar-refractivity contribution in [2.45, 2.75) is 51.0 Å². The highest BCUT2D eigenvalue weighted by atomic mass is 16.2. The van der Waals surface area contributed by atoms with Gasteiger partial charge in [-0.15, -0.1) is 0 Å². The fraction of sp³-hybridized carbons (Fsp3) is 0.583. The van der Waals surface area contributed by atoms with Gasteiger partial charge in [0, 0.05) is 25.2 Å². The molecule has 2 N–H and O–H groups in total. The molecular weight excluding hydrogens is 408 g/mol. The lowest BCUT2D eigenvalue weighted by atomic mass is 9.80. The van der Waals surface area contributed by atoms with E-state index in [2.05, 4.69) is 15.5 Å². The number of hydrogen-bond acceptors (Lipinski definition) is 6. The van der Waals surface area contributed by atoms with Gasteiger partial charge in [-0.2, -0.15) is 0 Å². The summed E-state index contributed by atoms with van der Waals surface area (Å²) < 4.78 is 0. The number of fused-ring (bicyclic) bond motifs is 1. The van der Waals surface area contributed by atoms with E-state index < -0.39 is 23.8 Å². The van der Waals surface area contributed by atoms with Gasteiger partial charge < -0.3 is 10.2 Å². The first-order chi connectivity index (χ1) is 15.5. The summed E-state index contributed by atoms with van der Waals surface area (Å²) in [5.41, 5.74) is 1.65. The van der Waals surface area contributed by atoms with Gasteiger partial charge in [-0.1, -0.05) is 0 Å². The number of benzene rings is 1. The molecule has 0 saturated carbocycles. The number of carbonyl (C=O) groups is 4. The average molecular weight is 439 g/mol. The Morgan fingerprint density at radius 1 is 0.812 bits per heavy atom. The maximum atomic E-state index is 13.1. The van der Waals surface area contributed by atoms with E-state index in [-0.39, 0.29) is 18.7 Å². The van der Waals surface area contributed by atoms with Crippen molar-refractivity contribution >= 4 is 29.3 Å². The first kappa shape index (κ1) is 21.1. The molecule has 2 unspecified atom stereocenters. The van der Waals surface area contributed by atoms with E-state index in [1.165, 1.54) is 19.3 Å². The number of piperidine rings is 2. The molecule has 8 nitrogen and oxygen atoms in total. The monoisotopic (exact) mass is 438 g/mol. The number of nitrogens with zero attached hydrogens (tertiary/aromatic N) is 2. The number of anilines is 1. The predicted octanol–water partition coefficient (Wildman–Crippen LogP) is 1.69. The minimum atomic E-state index is -0.923. The number of nitrogens with one attached hydrogen (secondary N) is 2. The van der Waals surface area contributed by atoms with Crippen molar-refractivity contribution in [3.8, 4) is 0 Å². The zero-order valence-electron chi connectivity index (χ0n) is 18.3. The molecule has 1 aromatic rings. The molecule has 1 aromatic carbocycles. The summed E-state index contributed by atoms with van der Waals surface area (Å²) in [6.45, 7) is 4.15. The molecule has 2 atom stereocenters. The van der Waals surface area contributed by atoms with E-state index in [1.807, 2.05) is 6.07 Å². The highest BCUT2D eigenvalue weighted by molar-refractivity contribution is 6.23. The summed E-state index contributed by atoms with van der Waals surface area (Å²) >= 11 is 0. The Morgan fingerprint density at radius 2 is 1.56 bits per heavy atom. The molecule has 32 heavy (non-hydrogen) atoms. The van der Waals surface area contributed by atoms with Crippen molar-refractivity contribution in [1.29, 1.82) is 0 Å². The zero-order chi connectivity index (χ0) is 22.2. The summed E-state index contributed by atoms with van der Waals surface area (Å²) in [4.78, 5) is 53.0. The van der Waals surface area contributed by atoms with Gasteiger partial charge in [0.25, 0.3) is 11.8 Å². The molecule has 0 bridgehead atoms. The van der Waals surface area contributed by atoms with Gasteiger partial charge >= 0.3 is 0 Å². The fourth-order valence-corrected chi connectivity index (χ4v) is 5.80. The number of hydrogen-bond donors (Lipinski definition) is 2. The molecule has 0 aliphatic carbocycles. The third kappa shape index (κ3) is 3.81. The zero-order valence-corrected chi connectivity index (χ0v) is 18.3. The van der Waals surface area contributed by atoms with Crippen LogP contribution in [-0.2, 0) is 9.59 Å². The molecule has 4 aliphatic heterocycles. The quantitative estimate of drug-likeness (QED) is 0.697. The van der Waals surface area contributed by atoms with E-state index in [0.717, 1.165) is 61.4 Å². The Balaban J connectivity index is 1.28. The van der Waals surface area contributed by atoms with Crippen LogP contribution in [0, 0.1) is 11.8 Å².